The molecule has 1 aromatic rings. The van der Waals surface area contributed by atoms with Gasteiger partial charge in [-0.15, -0.1) is 0 Å². The number of aryl methyl sites for hydroxylation is 1. The Bertz CT molecular complexity index is 585. The highest BCUT2D eigenvalue weighted by Gasteiger charge is 2.36. The van der Waals surface area contributed by atoms with Crippen molar-refractivity contribution >= 4 is 23.6 Å². The summed E-state index contributed by atoms with van der Waals surface area (Å²) in [5, 5.41) is 11.9. The number of carbonyl (C=O) groups excluding carboxylic acids is 2. The lowest BCUT2D eigenvalue weighted by atomic mass is 10.2. The molecule has 1 fully saturated rings. The Morgan fingerprint density at radius 1 is 1.50 bits per heavy atom. The molecule has 0 aliphatic carbocycles. The summed E-state index contributed by atoms with van der Waals surface area (Å²) < 4.78 is 0. The summed E-state index contributed by atoms with van der Waals surface area (Å²) in [6, 6.07) is 2.16. The van der Waals surface area contributed by atoms with Crippen LogP contribution in [0.3, 0.4) is 0 Å². The lowest BCUT2D eigenvalue weighted by molar-refractivity contribution is -0.136. The molecule has 20 heavy (non-hydrogen) atoms. The smallest absolute Gasteiger partial charge is 0.335 e. The zero-order valence-electron chi connectivity index (χ0n) is 11.2. The number of carboxylic acid groups (broad SMARTS) is 1. The fourth-order valence-corrected chi connectivity index (χ4v) is 2.01. The Hall–Kier alpha value is -2.44. The predicted octanol–water partition coefficient (Wildman–Crippen LogP) is 0.511. The first-order valence-electron chi connectivity index (χ1n) is 6.23. The number of anilines is 1. The Morgan fingerprint density at radius 2 is 2.20 bits per heavy atom. The third kappa shape index (κ3) is 2.61. The molecule has 2 N–H and O–H groups in total. The van der Waals surface area contributed by atoms with Crippen molar-refractivity contribution < 1.29 is 19.5 Å². The monoisotopic (exact) mass is 277 g/mol. The third-order valence-corrected chi connectivity index (χ3v) is 3.19. The number of likely N-dealkylation sites (tertiary alicyclic amines) is 1. The number of imide groups is 1. The molecule has 0 bridgehead atoms. The molecular formula is C13H15N3O4. The van der Waals surface area contributed by atoms with E-state index in [1.165, 1.54) is 19.2 Å². The van der Waals surface area contributed by atoms with Crippen molar-refractivity contribution in [3.8, 4) is 0 Å². The number of aromatic carboxylic acids is 1. The fourth-order valence-electron chi connectivity index (χ4n) is 2.01. The summed E-state index contributed by atoms with van der Waals surface area (Å²) in [6.45, 7) is 1.86. The van der Waals surface area contributed by atoms with Gasteiger partial charge in [-0.05, 0) is 18.6 Å². The molecule has 2 amide bonds. The largest absolute Gasteiger partial charge is 0.478 e. The van der Waals surface area contributed by atoms with Crippen LogP contribution in [0.4, 0.5) is 5.82 Å². The fraction of sp³-hybridized carbons (Fsp3) is 0.385. The van der Waals surface area contributed by atoms with E-state index in [9.17, 15) is 14.4 Å². The summed E-state index contributed by atoms with van der Waals surface area (Å²) in [5.41, 5.74) is 0.710. The van der Waals surface area contributed by atoms with Gasteiger partial charge in [0.1, 0.15) is 11.9 Å². The molecule has 106 valence electrons. The van der Waals surface area contributed by atoms with E-state index in [-0.39, 0.29) is 23.8 Å². The standard InChI is InChI=1S/C13H15N3O4/c1-3-8-4-7(13(19)20)5-10(14-8)15-9-6-11(17)16(2)12(9)18/h4-5,9H,3,6H2,1-2H3,(H,14,15)(H,19,20). The number of carboxylic acids is 1. The van der Waals surface area contributed by atoms with Crippen molar-refractivity contribution in [2.75, 3.05) is 12.4 Å². The van der Waals surface area contributed by atoms with Gasteiger partial charge in [0, 0.05) is 12.7 Å². The molecule has 1 aliphatic heterocycles. The van der Waals surface area contributed by atoms with Crippen LogP contribution in [0.15, 0.2) is 12.1 Å². The lowest BCUT2D eigenvalue weighted by Crippen LogP contribution is -2.32. The topological polar surface area (TPSA) is 99.6 Å². The quantitative estimate of drug-likeness (QED) is 0.778. The molecule has 0 radical (unpaired) electrons. The average Bonchev–Trinajstić information content (AvgIpc) is 2.66. The van der Waals surface area contributed by atoms with Crippen LogP contribution in [0.5, 0.6) is 0 Å². The molecule has 1 saturated heterocycles. The molecule has 1 aliphatic rings. The maximum atomic E-state index is 11.8. The molecule has 1 atom stereocenters. The highest BCUT2D eigenvalue weighted by molar-refractivity contribution is 6.06. The van der Waals surface area contributed by atoms with Crippen molar-refractivity contribution in [3.05, 3.63) is 23.4 Å². The van der Waals surface area contributed by atoms with Crippen LogP contribution in [0.2, 0.25) is 0 Å². The van der Waals surface area contributed by atoms with E-state index in [0.717, 1.165) is 4.90 Å². The number of likely N-dealkylation sites (N-methyl/N-ethyl adjacent to an activating group) is 1. The Morgan fingerprint density at radius 3 is 2.70 bits per heavy atom. The molecule has 0 spiro atoms. The van der Waals surface area contributed by atoms with E-state index in [2.05, 4.69) is 10.3 Å². The van der Waals surface area contributed by atoms with Crippen molar-refractivity contribution in [1.29, 1.82) is 0 Å². The number of nitrogens with one attached hydrogen (secondary N) is 1. The Balaban J connectivity index is 2.25. The molecule has 1 unspecified atom stereocenters. The van der Waals surface area contributed by atoms with E-state index < -0.39 is 12.0 Å². The third-order valence-electron chi connectivity index (χ3n) is 3.19. The van der Waals surface area contributed by atoms with Gasteiger partial charge in [0.2, 0.25) is 5.91 Å². The van der Waals surface area contributed by atoms with E-state index in [4.69, 9.17) is 5.11 Å². The van der Waals surface area contributed by atoms with Gasteiger partial charge in [-0.25, -0.2) is 9.78 Å². The zero-order chi connectivity index (χ0) is 14.9. The van der Waals surface area contributed by atoms with Gasteiger partial charge >= 0.3 is 5.97 Å². The summed E-state index contributed by atoms with van der Waals surface area (Å²) in [7, 11) is 1.42. The first-order valence-corrected chi connectivity index (χ1v) is 6.23. The van der Waals surface area contributed by atoms with Crippen LogP contribution in [-0.2, 0) is 16.0 Å². The molecule has 2 heterocycles. The van der Waals surface area contributed by atoms with E-state index in [1.807, 2.05) is 6.92 Å². The van der Waals surface area contributed by atoms with E-state index in [0.29, 0.717) is 17.9 Å². The minimum atomic E-state index is -1.06. The minimum absolute atomic E-state index is 0.0514. The SMILES string of the molecule is CCc1cc(C(=O)O)cc(NC2CC(=O)N(C)C2=O)n1. The van der Waals surface area contributed by atoms with Gasteiger partial charge in [0.25, 0.3) is 5.91 Å². The molecule has 1 aromatic heterocycles. The van der Waals surface area contributed by atoms with Crippen LogP contribution < -0.4 is 5.32 Å². The second-order valence-electron chi connectivity index (χ2n) is 4.58. The second-order valence-corrected chi connectivity index (χ2v) is 4.58. The van der Waals surface area contributed by atoms with E-state index in [1.54, 1.807) is 0 Å². The number of nitrogens with zero attached hydrogens (tertiary/aromatic N) is 2. The van der Waals surface area contributed by atoms with Gasteiger partial charge < -0.3 is 10.4 Å². The number of carbonyl (C=O) groups is 3. The molecule has 0 aromatic carbocycles. The van der Waals surface area contributed by atoms with Crippen molar-refractivity contribution in [1.82, 2.24) is 9.88 Å². The summed E-state index contributed by atoms with van der Waals surface area (Å²) in [5.74, 6) is -1.37. The number of hydrogen-bond donors (Lipinski definition) is 2. The number of aromatic nitrogens is 1. The van der Waals surface area contributed by atoms with Crippen LogP contribution in [0.25, 0.3) is 0 Å². The number of pyridine rings is 1. The van der Waals surface area contributed by atoms with Gasteiger partial charge in [0.15, 0.2) is 0 Å². The zero-order valence-corrected chi connectivity index (χ0v) is 11.2. The number of hydrogen-bond acceptors (Lipinski definition) is 5. The van der Waals surface area contributed by atoms with Gasteiger partial charge in [-0.2, -0.15) is 0 Å². The van der Waals surface area contributed by atoms with Crippen LogP contribution in [0.1, 0.15) is 29.4 Å². The Kier molecular flexibility index (Phi) is 3.69. The van der Waals surface area contributed by atoms with E-state index >= 15 is 0 Å². The van der Waals surface area contributed by atoms with Crippen LogP contribution >= 0.6 is 0 Å². The van der Waals surface area contributed by atoms with Crippen LogP contribution in [-0.4, -0.2) is 45.9 Å². The van der Waals surface area contributed by atoms with Crippen molar-refractivity contribution in [3.63, 3.8) is 0 Å². The molecule has 7 heteroatoms. The highest BCUT2D eigenvalue weighted by Crippen LogP contribution is 2.18. The Labute approximate surface area is 115 Å². The summed E-state index contributed by atoms with van der Waals surface area (Å²) in [6.07, 6.45) is 0.628. The molecule has 2 rings (SSSR count). The normalized spacial score (nSPS) is 18.5. The number of rotatable bonds is 4. The molecule has 0 saturated carbocycles. The molecular weight excluding hydrogens is 262 g/mol. The highest BCUT2D eigenvalue weighted by atomic mass is 16.4. The molecule has 7 nitrogen and oxygen atoms in total. The van der Waals surface area contributed by atoms with Crippen molar-refractivity contribution in [2.45, 2.75) is 25.8 Å². The second kappa shape index (κ2) is 5.28. The van der Waals surface area contributed by atoms with Gasteiger partial charge in [-0.3, -0.25) is 14.5 Å². The summed E-state index contributed by atoms with van der Waals surface area (Å²) in [4.78, 5) is 39.5. The summed E-state index contributed by atoms with van der Waals surface area (Å²) >= 11 is 0. The first-order chi connectivity index (χ1) is 9.42. The average molecular weight is 277 g/mol. The van der Waals surface area contributed by atoms with Crippen LogP contribution in [0, 0.1) is 0 Å². The van der Waals surface area contributed by atoms with Gasteiger partial charge in [-0.1, -0.05) is 6.92 Å². The number of amides is 2. The maximum absolute atomic E-state index is 11.8. The first kappa shape index (κ1) is 14.0. The minimum Gasteiger partial charge on any atom is -0.478 e. The predicted molar refractivity (Wildman–Crippen MR) is 70.4 cm³/mol. The van der Waals surface area contributed by atoms with Crippen molar-refractivity contribution in [2.24, 2.45) is 0 Å². The lowest BCUT2D eigenvalue weighted by Gasteiger charge is -2.13. The maximum Gasteiger partial charge on any atom is 0.335 e. The van der Waals surface area contributed by atoms with Gasteiger partial charge in [0.05, 0.1) is 12.0 Å².